The first-order chi connectivity index (χ1) is 6.06. The number of likely N-dealkylation sites (tertiary alicyclic amines) is 1. The van der Waals surface area contributed by atoms with Crippen molar-refractivity contribution in [1.29, 1.82) is 0 Å². The van der Waals surface area contributed by atoms with Crippen LogP contribution in [-0.4, -0.2) is 35.1 Å². The largest absolute Gasteiger partial charge is 0.391 e. The van der Waals surface area contributed by atoms with E-state index in [2.05, 4.69) is 0 Å². The molecule has 13 heavy (non-hydrogen) atoms. The van der Waals surface area contributed by atoms with Gasteiger partial charge in [0.2, 0.25) is 5.91 Å². The van der Waals surface area contributed by atoms with Crippen LogP contribution in [-0.2, 0) is 4.79 Å². The summed E-state index contributed by atoms with van der Waals surface area (Å²) in [5, 5.41) is 9.46. The van der Waals surface area contributed by atoms with Crippen LogP contribution in [0, 0.1) is 5.92 Å². The Labute approximate surface area is 79.0 Å². The minimum Gasteiger partial charge on any atom is -0.391 e. The van der Waals surface area contributed by atoms with Crippen LogP contribution in [0.2, 0.25) is 0 Å². The zero-order valence-corrected chi connectivity index (χ0v) is 8.45. The molecule has 0 aromatic rings. The van der Waals surface area contributed by atoms with Crippen molar-refractivity contribution in [3.8, 4) is 0 Å². The van der Waals surface area contributed by atoms with Crippen molar-refractivity contribution in [2.75, 3.05) is 13.1 Å². The average molecular weight is 183 g/mol. The fourth-order valence-electron chi connectivity index (χ4n) is 1.49. The Bertz CT molecular complexity index is 225. The highest BCUT2D eigenvalue weighted by atomic mass is 16.3. The third-order valence-corrected chi connectivity index (χ3v) is 2.63. The van der Waals surface area contributed by atoms with E-state index in [0.29, 0.717) is 13.1 Å². The van der Waals surface area contributed by atoms with Crippen LogP contribution in [0.5, 0.6) is 0 Å². The molecule has 0 aromatic heterocycles. The first-order valence-electron chi connectivity index (χ1n) is 4.66. The molecule has 2 unspecified atom stereocenters. The van der Waals surface area contributed by atoms with Gasteiger partial charge in [0.25, 0.3) is 0 Å². The molecule has 1 saturated heterocycles. The second-order valence-electron chi connectivity index (χ2n) is 3.73. The number of carbonyl (C=O) groups excluding carboxylic acids is 1. The molecule has 0 saturated carbocycles. The molecule has 0 aromatic carbocycles. The summed E-state index contributed by atoms with van der Waals surface area (Å²) in [5.74, 6) is 0.250. The lowest BCUT2D eigenvalue weighted by atomic mass is 10.1. The fraction of sp³-hybridized carbons (Fsp3) is 0.700. The molecular formula is C10H17NO2. The highest BCUT2D eigenvalue weighted by Gasteiger charge is 2.30. The van der Waals surface area contributed by atoms with Gasteiger partial charge >= 0.3 is 0 Å². The smallest absolute Gasteiger partial charge is 0.249 e. The number of hydrogen-bond donors (Lipinski definition) is 1. The van der Waals surface area contributed by atoms with Gasteiger partial charge in [-0.25, -0.2) is 0 Å². The van der Waals surface area contributed by atoms with E-state index >= 15 is 0 Å². The van der Waals surface area contributed by atoms with Gasteiger partial charge in [-0.3, -0.25) is 4.79 Å². The Morgan fingerprint density at radius 3 is 2.54 bits per heavy atom. The molecule has 74 valence electrons. The number of β-amino-alcohol motifs (C(OH)–C–C–N with tert-alkyl or cyclic N) is 1. The predicted octanol–water partition coefficient (Wildman–Crippen LogP) is 0.792. The molecule has 0 bridgehead atoms. The minimum absolute atomic E-state index is 0.0471. The summed E-state index contributed by atoms with van der Waals surface area (Å²) in [6, 6.07) is 0. The number of aliphatic hydroxyl groups is 1. The number of carbonyl (C=O) groups is 1. The topological polar surface area (TPSA) is 40.5 Å². The number of aliphatic hydroxyl groups excluding tert-OH is 1. The summed E-state index contributed by atoms with van der Waals surface area (Å²) in [6.07, 6.45) is 1.45. The minimum atomic E-state index is -0.353. The van der Waals surface area contributed by atoms with Crippen molar-refractivity contribution < 1.29 is 9.90 Å². The second kappa shape index (κ2) is 3.92. The number of allylic oxidation sites excluding steroid dienone is 1. The number of rotatable bonds is 1. The maximum atomic E-state index is 11.6. The van der Waals surface area contributed by atoms with Gasteiger partial charge in [0.1, 0.15) is 0 Å². The Morgan fingerprint density at radius 2 is 2.15 bits per heavy atom. The van der Waals surface area contributed by atoms with Crippen LogP contribution in [0.1, 0.15) is 20.8 Å². The lowest BCUT2D eigenvalue weighted by Crippen LogP contribution is -2.30. The summed E-state index contributed by atoms with van der Waals surface area (Å²) in [6.45, 7) is 6.76. The molecule has 3 nitrogen and oxygen atoms in total. The molecule has 1 fully saturated rings. The van der Waals surface area contributed by atoms with Crippen molar-refractivity contribution in [1.82, 2.24) is 4.90 Å². The quantitative estimate of drug-likeness (QED) is 0.611. The van der Waals surface area contributed by atoms with Gasteiger partial charge in [0.05, 0.1) is 6.10 Å². The van der Waals surface area contributed by atoms with Gasteiger partial charge in [-0.15, -0.1) is 0 Å². The predicted molar refractivity (Wildman–Crippen MR) is 51.2 cm³/mol. The molecule has 1 heterocycles. The van der Waals surface area contributed by atoms with E-state index in [4.69, 9.17) is 0 Å². The van der Waals surface area contributed by atoms with E-state index in [1.165, 1.54) is 0 Å². The summed E-state index contributed by atoms with van der Waals surface area (Å²) >= 11 is 0. The van der Waals surface area contributed by atoms with Gasteiger partial charge < -0.3 is 10.0 Å². The maximum absolute atomic E-state index is 11.6. The third kappa shape index (κ3) is 2.10. The standard InChI is InChI=1S/C10H17NO2/c1-4-7(2)10(13)11-5-8(3)9(12)6-11/h4,8-9,12H,5-6H2,1-3H3/b7-4-. The lowest BCUT2D eigenvalue weighted by Gasteiger charge is -2.15. The van der Waals surface area contributed by atoms with E-state index in [1.807, 2.05) is 13.8 Å². The normalized spacial score (nSPS) is 29.5. The molecule has 1 aliphatic rings. The summed E-state index contributed by atoms with van der Waals surface area (Å²) in [7, 11) is 0. The van der Waals surface area contributed by atoms with Crippen molar-refractivity contribution in [2.24, 2.45) is 5.92 Å². The zero-order chi connectivity index (χ0) is 10.0. The summed E-state index contributed by atoms with van der Waals surface area (Å²) in [4.78, 5) is 13.3. The van der Waals surface area contributed by atoms with Gasteiger partial charge in [0, 0.05) is 24.6 Å². The summed E-state index contributed by atoms with van der Waals surface area (Å²) < 4.78 is 0. The lowest BCUT2D eigenvalue weighted by molar-refractivity contribution is -0.126. The molecule has 0 radical (unpaired) electrons. The second-order valence-corrected chi connectivity index (χ2v) is 3.73. The van der Waals surface area contributed by atoms with E-state index in [0.717, 1.165) is 5.57 Å². The van der Waals surface area contributed by atoms with Crippen LogP contribution in [0.4, 0.5) is 0 Å². The van der Waals surface area contributed by atoms with Gasteiger partial charge in [-0.2, -0.15) is 0 Å². The molecule has 2 atom stereocenters. The maximum Gasteiger partial charge on any atom is 0.249 e. The van der Waals surface area contributed by atoms with E-state index in [1.54, 1.807) is 17.9 Å². The van der Waals surface area contributed by atoms with Crippen molar-refractivity contribution >= 4 is 5.91 Å². The Hall–Kier alpha value is -0.830. The zero-order valence-electron chi connectivity index (χ0n) is 8.45. The average Bonchev–Trinajstić information content (AvgIpc) is 2.44. The third-order valence-electron chi connectivity index (χ3n) is 2.63. The molecule has 3 heteroatoms. The van der Waals surface area contributed by atoms with Crippen LogP contribution in [0.15, 0.2) is 11.6 Å². The first-order valence-corrected chi connectivity index (χ1v) is 4.66. The number of hydrogen-bond acceptors (Lipinski definition) is 2. The van der Waals surface area contributed by atoms with Crippen LogP contribution >= 0.6 is 0 Å². The molecule has 1 amide bonds. The highest BCUT2D eigenvalue weighted by Crippen LogP contribution is 2.17. The Balaban J connectivity index is 2.61. The molecule has 1 rings (SSSR count). The fourth-order valence-corrected chi connectivity index (χ4v) is 1.49. The van der Waals surface area contributed by atoms with E-state index < -0.39 is 0 Å². The van der Waals surface area contributed by atoms with Crippen LogP contribution < -0.4 is 0 Å². The summed E-state index contributed by atoms with van der Waals surface area (Å²) in [5.41, 5.74) is 0.751. The van der Waals surface area contributed by atoms with E-state index in [-0.39, 0.29) is 17.9 Å². The van der Waals surface area contributed by atoms with Crippen molar-refractivity contribution in [3.05, 3.63) is 11.6 Å². The molecule has 0 spiro atoms. The van der Waals surface area contributed by atoms with Gasteiger partial charge in [-0.1, -0.05) is 13.0 Å². The Morgan fingerprint density at radius 1 is 1.54 bits per heavy atom. The molecule has 1 N–H and O–H groups in total. The van der Waals surface area contributed by atoms with Crippen LogP contribution in [0.25, 0.3) is 0 Å². The molecule has 0 aliphatic carbocycles. The molecule has 1 aliphatic heterocycles. The Kier molecular flexibility index (Phi) is 3.09. The molecular weight excluding hydrogens is 166 g/mol. The van der Waals surface area contributed by atoms with Crippen molar-refractivity contribution in [3.63, 3.8) is 0 Å². The van der Waals surface area contributed by atoms with Crippen molar-refractivity contribution in [2.45, 2.75) is 26.9 Å². The van der Waals surface area contributed by atoms with Crippen LogP contribution in [0.3, 0.4) is 0 Å². The SMILES string of the molecule is C/C=C(/C)C(=O)N1CC(C)C(O)C1. The van der Waals surface area contributed by atoms with E-state index in [9.17, 15) is 9.90 Å². The first kappa shape index (κ1) is 10.3. The number of nitrogens with zero attached hydrogens (tertiary/aromatic N) is 1. The van der Waals surface area contributed by atoms with Gasteiger partial charge in [-0.05, 0) is 13.8 Å². The monoisotopic (exact) mass is 183 g/mol. The number of amides is 1. The van der Waals surface area contributed by atoms with Gasteiger partial charge in [0.15, 0.2) is 0 Å². The highest BCUT2D eigenvalue weighted by molar-refractivity contribution is 5.92.